The summed E-state index contributed by atoms with van der Waals surface area (Å²) in [7, 11) is 0. The third-order valence-corrected chi connectivity index (χ3v) is 9.20. The van der Waals surface area contributed by atoms with Crippen molar-refractivity contribution in [1.29, 1.82) is 0 Å². The summed E-state index contributed by atoms with van der Waals surface area (Å²) in [6.07, 6.45) is 10.8. The highest BCUT2D eigenvalue weighted by atomic mass is 79.9. The van der Waals surface area contributed by atoms with Gasteiger partial charge in [-0.05, 0) is 74.1 Å². The molecule has 210 valence electrons. The first kappa shape index (κ1) is 29.8. The van der Waals surface area contributed by atoms with E-state index < -0.39 is 17.8 Å². The molecule has 5 nitrogen and oxygen atoms in total. The van der Waals surface area contributed by atoms with Crippen molar-refractivity contribution in [1.82, 2.24) is 10.6 Å². The molecule has 2 aliphatic carbocycles. The number of Topliss-reactive ketones (excluding diaryl/α,β-unsaturated/α-hetero) is 1. The van der Waals surface area contributed by atoms with Crippen LogP contribution in [0, 0.1) is 11.8 Å². The molecule has 0 radical (unpaired) electrons. The SMILES string of the molecule is CC[C@@H](C(=O)c1ccc(Cl)cc1)[C@H](c1ccc(Br)cc1)C(C(=O)NC1CCCCC1)C(=O)NC1CCCCC1. The number of hydrogen-bond acceptors (Lipinski definition) is 3. The topological polar surface area (TPSA) is 75.3 Å². The Morgan fingerprint density at radius 2 is 1.28 bits per heavy atom. The molecule has 2 aromatic rings. The number of carbonyl (C=O) groups excluding carboxylic acids is 3. The molecule has 2 fully saturated rings. The van der Waals surface area contributed by atoms with Gasteiger partial charge in [-0.25, -0.2) is 0 Å². The van der Waals surface area contributed by atoms with E-state index >= 15 is 0 Å². The van der Waals surface area contributed by atoms with Crippen molar-refractivity contribution in [3.63, 3.8) is 0 Å². The molecule has 7 heteroatoms. The van der Waals surface area contributed by atoms with E-state index in [2.05, 4.69) is 26.6 Å². The fraction of sp³-hybridized carbons (Fsp3) is 0.531. The molecule has 0 unspecified atom stereocenters. The molecule has 0 saturated heterocycles. The van der Waals surface area contributed by atoms with Gasteiger partial charge in [-0.3, -0.25) is 14.4 Å². The number of amides is 2. The molecule has 39 heavy (non-hydrogen) atoms. The van der Waals surface area contributed by atoms with Gasteiger partial charge >= 0.3 is 0 Å². The summed E-state index contributed by atoms with van der Waals surface area (Å²) in [6, 6.07) is 14.7. The lowest BCUT2D eigenvalue weighted by Crippen LogP contribution is -2.51. The lowest BCUT2D eigenvalue weighted by atomic mass is 9.71. The van der Waals surface area contributed by atoms with Crippen LogP contribution in [0.15, 0.2) is 53.0 Å². The van der Waals surface area contributed by atoms with Gasteiger partial charge in [0.1, 0.15) is 5.92 Å². The van der Waals surface area contributed by atoms with Crippen LogP contribution in [-0.4, -0.2) is 29.7 Å². The molecule has 2 aliphatic rings. The largest absolute Gasteiger partial charge is 0.353 e. The molecular weight excluding hydrogens is 576 g/mol. The van der Waals surface area contributed by atoms with Gasteiger partial charge in [-0.1, -0.05) is 85.1 Å². The zero-order valence-corrected chi connectivity index (χ0v) is 25.1. The van der Waals surface area contributed by atoms with Crippen LogP contribution < -0.4 is 10.6 Å². The van der Waals surface area contributed by atoms with E-state index in [4.69, 9.17) is 11.6 Å². The van der Waals surface area contributed by atoms with Crippen molar-refractivity contribution in [2.45, 2.75) is 95.6 Å². The molecule has 2 N–H and O–H groups in total. The number of carbonyl (C=O) groups is 3. The van der Waals surface area contributed by atoms with E-state index in [9.17, 15) is 14.4 Å². The lowest BCUT2D eigenvalue weighted by Gasteiger charge is -2.34. The van der Waals surface area contributed by atoms with E-state index in [0.29, 0.717) is 17.0 Å². The fourth-order valence-electron chi connectivity index (χ4n) is 6.29. The first-order valence-corrected chi connectivity index (χ1v) is 15.7. The van der Waals surface area contributed by atoms with Crippen molar-refractivity contribution in [3.8, 4) is 0 Å². The quantitative estimate of drug-likeness (QED) is 0.213. The minimum atomic E-state index is -1.02. The smallest absolute Gasteiger partial charge is 0.233 e. The second-order valence-corrected chi connectivity index (χ2v) is 12.5. The number of hydrogen-bond donors (Lipinski definition) is 2. The molecule has 2 saturated carbocycles. The summed E-state index contributed by atoms with van der Waals surface area (Å²) >= 11 is 9.61. The highest BCUT2D eigenvalue weighted by molar-refractivity contribution is 9.10. The monoisotopic (exact) mass is 614 g/mol. The van der Waals surface area contributed by atoms with E-state index in [1.165, 1.54) is 12.8 Å². The third-order valence-electron chi connectivity index (χ3n) is 8.42. The summed E-state index contributed by atoms with van der Waals surface area (Å²) in [4.78, 5) is 42.2. The number of nitrogens with one attached hydrogen (secondary N) is 2. The van der Waals surface area contributed by atoms with Crippen LogP contribution in [0.1, 0.15) is 99.4 Å². The molecule has 0 heterocycles. The maximum Gasteiger partial charge on any atom is 0.233 e. The van der Waals surface area contributed by atoms with Crippen LogP contribution in [0.5, 0.6) is 0 Å². The number of benzene rings is 2. The third kappa shape index (κ3) is 7.94. The van der Waals surface area contributed by atoms with Crippen molar-refractivity contribution < 1.29 is 14.4 Å². The minimum Gasteiger partial charge on any atom is -0.353 e. The van der Waals surface area contributed by atoms with Crippen LogP contribution >= 0.6 is 27.5 Å². The van der Waals surface area contributed by atoms with Gasteiger partial charge in [0.25, 0.3) is 0 Å². The highest BCUT2D eigenvalue weighted by Gasteiger charge is 2.43. The Kier molecular flexibility index (Phi) is 11.0. The Bertz CT molecular complexity index is 1080. The lowest BCUT2D eigenvalue weighted by molar-refractivity contribution is -0.137. The second kappa shape index (κ2) is 14.5. The van der Waals surface area contributed by atoms with Gasteiger partial charge in [0.15, 0.2) is 5.78 Å². The first-order valence-electron chi connectivity index (χ1n) is 14.5. The Hall–Kier alpha value is -2.18. The van der Waals surface area contributed by atoms with E-state index in [1.807, 2.05) is 31.2 Å². The van der Waals surface area contributed by atoms with Gasteiger partial charge < -0.3 is 10.6 Å². The summed E-state index contributed by atoms with van der Waals surface area (Å²) in [5.74, 6) is -2.82. The molecule has 0 aliphatic heterocycles. The van der Waals surface area contributed by atoms with Crippen molar-refractivity contribution in [2.75, 3.05) is 0 Å². The molecule has 0 aromatic heterocycles. The Labute approximate surface area is 246 Å². The van der Waals surface area contributed by atoms with Crippen LogP contribution in [0.25, 0.3) is 0 Å². The Balaban J connectivity index is 1.74. The first-order chi connectivity index (χ1) is 18.9. The predicted molar refractivity (Wildman–Crippen MR) is 160 cm³/mol. The van der Waals surface area contributed by atoms with E-state index in [0.717, 1.165) is 61.4 Å². The van der Waals surface area contributed by atoms with Crippen LogP contribution in [0.3, 0.4) is 0 Å². The molecule has 4 rings (SSSR count). The van der Waals surface area contributed by atoms with Gasteiger partial charge in [0.05, 0.1) is 0 Å². The Morgan fingerprint density at radius 3 is 1.74 bits per heavy atom. The second-order valence-electron chi connectivity index (χ2n) is 11.1. The molecule has 2 atom stereocenters. The molecule has 2 aromatic carbocycles. The highest BCUT2D eigenvalue weighted by Crippen LogP contribution is 2.38. The Morgan fingerprint density at radius 1 is 0.795 bits per heavy atom. The fourth-order valence-corrected chi connectivity index (χ4v) is 6.68. The zero-order valence-electron chi connectivity index (χ0n) is 22.8. The standard InChI is InChI=1S/C32H40BrClN2O3/c1-2-27(30(37)22-15-19-24(34)20-16-22)28(21-13-17-23(33)18-14-21)29(31(38)35-25-9-5-3-6-10-25)32(39)36-26-11-7-4-8-12-26/h13-20,25-29H,2-12H2,1H3,(H,35,38)(H,36,39)/t27-,28+/m1/s1. The minimum absolute atomic E-state index is 0.0637. The number of halogens is 2. The van der Waals surface area contributed by atoms with Crippen LogP contribution in [-0.2, 0) is 9.59 Å². The average molecular weight is 616 g/mol. The number of ketones is 1. The van der Waals surface area contributed by atoms with Gasteiger partial charge in [-0.2, -0.15) is 0 Å². The zero-order chi connectivity index (χ0) is 27.8. The predicted octanol–water partition coefficient (Wildman–Crippen LogP) is 7.61. The molecular formula is C32H40BrClN2O3. The van der Waals surface area contributed by atoms with Gasteiger partial charge in [0.2, 0.25) is 11.8 Å². The van der Waals surface area contributed by atoms with E-state index in [-0.39, 0.29) is 29.7 Å². The van der Waals surface area contributed by atoms with Crippen molar-refractivity contribution in [3.05, 3.63) is 69.2 Å². The summed E-state index contributed by atoms with van der Waals surface area (Å²) in [5, 5.41) is 7.01. The maximum atomic E-state index is 14.1. The summed E-state index contributed by atoms with van der Waals surface area (Å²) in [6.45, 7) is 1.96. The summed E-state index contributed by atoms with van der Waals surface area (Å²) < 4.78 is 0.900. The van der Waals surface area contributed by atoms with Gasteiger partial charge in [-0.15, -0.1) is 0 Å². The average Bonchev–Trinajstić information content (AvgIpc) is 2.94. The molecule has 2 amide bonds. The van der Waals surface area contributed by atoms with Gasteiger partial charge in [0, 0.05) is 39.0 Å². The molecule has 0 bridgehead atoms. The maximum absolute atomic E-state index is 14.1. The number of rotatable bonds is 10. The summed E-state index contributed by atoms with van der Waals surface area (Å²) in [5.41, 5.74) is 1.35. The van der Waals surface area contributed by atoms with Crippen molar-refractivity contribution >= 4 is 45.1 Å². The van der Waals surface area contributed by atoms with Crippen LogP contribution in [0.2, 0.25) is 5.02 Å². The van der Waals surface area contributed by atoms with E-state index in [1.54, 1.807) is 24.3 Å². The van der Waals surface area contributed by atoms with Crippen LogP contribution in [0.4, 0.5) is 0 Å². The van der Waals surface area contributed by atoms with Crippen molar-refractivity contribution in [2.24, 2.45) is 11.8 Å². The normalized spacial score (nSPS) is 18.4. The molecule has 0 spiro atoms.